The van der Waals surface area contributed by atoms with E-state index in [-0.39, 0.29) is 5.69 Å². The molecule has 4 nitrogen and oxygen atoms in total. The quantitative estimate of drug-likeness (QED) is 0.451. The second kappa shape index (κ2) is 6.54. The first-order chi connectivity index (χ1) is 9.27. The summed E-state index contributed by atoms with van der Waals surface area (Å²) in [6.45, 7) is 0.472. The molecule has 0 amide bonds. The van der Waals surface area contributed by atoms with Crippen LogP contribution < -0.4 is 4.74 Å². The van der Waals surface area contributed by atoms with Gasteiger partial charge in [0.05, 0.1) is 11.5 Å². The van der Waals surface area contributed by atoms with Crippen LogP contribution in [0.25, 0.3) is 0 Å². The van der Waals surface area contributed by atoms with Crippen LogP contribution in [0.1, 0.15) is 12.0 Å². The molecule has 0 bridgehead atoms. The van der Waals surface area contributed by atoms with E-state index < -0.39 is 4.92 Å². The highest BCUT2D eigenvalue weighted by Gasteiger charge is 2.12. The molecule has 0 aliphatic rings. The van der Waals surface area contributed by atoms with Gasteiger partial charge in [0.1, 0.15) is 0 Å². The van der Waals surface area contributed by atoms with Crippen LogP contribution in [-0.4, -0.2) is 11.5 Å². The highest BCUT2D eigenvalue weighted by atomic mass is 16.6. The van der Waals surface area contributed by atoms with Crippen LogP contribution in [0.15, 0.2) is 54.6 Å². The predicted octanol–water partition coefficient (Wildman–Crippen LogP) is 3.61. The lowest BCUT2D eigenvalue weighted by Gasteiger charge is -2.06. The summed E-state index contributed by atoms with van der Waals surface area (Å²) in [4.78, 5) is 10.4. The number of para-hydroxylation sites is 2. The van der Waals surface area contributed by atoms with E-state index in [9.17, 15) is 10.1 Å². The van der Waals surface area contributed by atoms with Crippen molar-refractivity contribution in [2.24, 2.45) is 0 Å². The third-order valence-electron chi connectivity index (χ3n) is 2.77. The molecular formula is C15H15NO3. The van der Waals surface area contributed by atoms with Gasteiger partial charge in [0.25, 0.3) is 0 Å². The first-order valence-electron chi connectivity index (χ1n) is 6.17. The molecule has 4 heteroatoms. The van der Waals surface area contributed by atoms with Gasteiger partial charge in [0.15, 0.2) is 5.75 Å². The Kier molecular flexibility index (Phi) is 4.50. The molecule has 0 aromatic heterocycles. The van der Waals surface area contributed by atoms with Gasteiger partial charge in [-0.25, -0.2) is 0 Å². The second-order valence-corrected chi connectivity index (χ2v) is 4.16. The SMILES string of the molecule is O=[N+]([O-])c1ccccc1OCCCc1ccccc1. The zero-order chi connectivity index (χ0) is 13.5. The largest absolute Gasteiger partial charge is 0.487 e. The van der Waals surface area contributed by atoms with E-state index in [4.69, 9.17) is 4.74 Å². The maximum atomic E-state index is 10.8. The molecule has 0 heterocycles. The molecule has 0 atom stereocenters. The molecule has 2 aromatic rings. The highest BCUT2D eigenvalue weighted by molar-refractivity contribution is 5.45. The zero-order valence-electron chi connectivity index (χ0n) is 10.5. The van der Waals surface area contributed by atoms with Gasteiger partial charge in [0, 0.05) is 6.07 Å². The molecule has 0 spiro atoms. The van der Waals surface area contributed by atoms with Crippen molar-refractivity contribution >= 4 is 5.69 Å². The van der Waals surface area contributed by atoms with Crippen molar-refractivity contribution in [3.63, 3.8) is 0 Å². The van der Waals surface area contributed by atoms with E-state index in [0.717, 1.165) is 12.8 Å². The minimum atomic E-state index is -0.424. The lowest BCUT2D eigenvalue weighted by Crippen LogP contribution is -2.01. The Labute approximate surface area is 111 Å². The van der Waals surface area contributed by atoms with Crippen LogP contribution in [0.3, 0.4) is 0 Å². The Hall–Kier alpha value is -2.36. The van der Waals surface area contributed by atoms with Gasteiger partial charge in [-0.2, -0.15) is 0 Å². The number of rotatable bonds is 6. The molecule has 0 N–H and O–H groups in total. The van der Waals surface area contributed by atoms with Crippen LogP contribution in [0, 0.1) is 10.1 Å². The summed E-state index contributed by atoms with van der Waals surface area (Å²) in [5, 5.41) is 10.8. The minimum Gasteiger partial charge on any atom is -0.487 e. The maximum Gasteiger partial charge on any atom is 0.310 e. The number of ether oxygens (including phenoxy) is 1. The lowest BCUT2D eigenvalue weighted by molar-refractivity contribution is -0.385. The van der Waals surface area contributed by atoms with Crippen molar-refractivity contribution in [3.05, 3.63) is 70.3 Å². The van der Waals surface area contributed by atoms with Crippen molar-refractivity contribution in [3.8, 4) is 5.75 Å². The summed E-state index contributed by atoms with van der Waals surface area (Å²) in [5.41, 5.74) is 1.26. The topological polar surface area (TPSA) is 52.4 Å². The number of hydrogen-bond donors (Lipinski definition) is 0. The Morgan fingerprint density at radius 3 is 2.42 bits per heavy atom. The molecule has 19 heavy (non-hydrogen) atoms. The van der Waals surface area contributed by atoms with Gasteiger partial charge in [-0.1, -0.05) is 42.5 Å². The fourth-order valence-electron chi connectivity index (χ4n) is 1.83. The van der Waals surface area contributed by atoms with Crippen molar-refractivity contribution in [2.45, 2.75) is 12.8 Å². The van der Waals surface area contributed by atoms with E-state index in [2.05, 4.69) is 12.1 Å². The van der Waals surface area contributed by atoms with Crippen LogP contribution in [0.5, 0.6) is 5.75 Å². The summed E-state index contributed by atoms with van der Waals surface area (Å²) >= 11 is 0. The summed E-state index contributed by atoms with van der Waals surface area (Å²) < 4.78 is 5.48. The minimum absolute atomic E-state index is 0.0159. The Balaban J connectivity index is 1.85. The average Bonchev–Trinajstić information content (AvgIpc) is 2.45. The summed E-state index contributed by atoms with van der Waals surface area (Å²) in [6.07, 6.45) is 1.73. The van der Waals surface area contributed by atoms with Gasteiger partial charge in [-0.05, 0) is 24.5 Å². The number of nitro benzene ring substituents is 1. The van der Waals surface area contributed by atoms with Crippen LogP contribution in [0.4, 0.5) is 5.69 Å². The Morgan fingerprint density at radius 2 is 1.68 bits per heavy atom. The standard InChI is InChI=1S/C15H15NO3/c17-16(18)14-10-4-5-11-15(14)19-12-6-9-13-7-2-1-3-8-13/h1-5,7-8,10-11H,6,9,12H2. The predicted molar refractivity (Wildman–Crippen MR) is 73.4 cm³/mol. The first kappa shape index (κ1) is 13.1. The zero-order valence-corrected chi connectivity index (χ0v) is 10.5. The van der Waals surface area contributed by atoms with Crippen molar-refractivity contribution in [2.75, 3.05) is 6.61 Å². The van der Waals surface area contributed by atoms with Gasteiger partial charge in [-0.15, -0.1) is 0 Å². The molecule has 0 aliphatic carbocycles. The third kappa shape index (κ3) is 3.81. The van der Waals surface area contributed by atoms with Crippen molar-refractivity contribution in [1.29, 1.82) is 0 Å². The second-order valence-electron chi connectivity index (χ2n) is 4.16. The molecule has 0 radical (unpaired) electrons. The van der Waals surface area contributed by atoms with E-state index >= 15 is 0 Å². The van der Waals surface area contributed by atoms with E-state index in [0.29, 0.717) is 12.4 Å². The molecule has 0 saturated carbocycles. The number of hydrogen-bond acceptors (Lipinski definition) is 3. The van der Waals surface area contributed by atoms with Crippen LogP contribution in [-0.2, 0) is 6.42 Å². The first-order valence-corrected chi connectivity index (χ1v) is 6.17. The van der Waals surface area contributed by atoms with Gasteiger partial charge < -0.3 is 4.74 Å². The van der Waals surface area contributed by atoms with Crippen LogP contribution >= 0.6 is 0 Å². The molecular weight excluding hydrogens is 242 g/mol. The van der Waals surface area contributed by atoms with Crippen molar-refractivity contribution < 1.29 is 9.66 Å². The van der Waals surface area contributed by atoms with E-state index in [1.54, 1.807) is 18.2 Å². The summed E-state index contributed by atoms with van der Waals surface area (Å²) in [5.74, 6) is 0.334. The Morgan fingerprint density at radius 1 is 1.00 bits per heavy atom. The monoisotopic (exact) mass is 257 g/mol. The van der Waals surface area contributed by atoms with Crippen LogP contribution in [0.2, 0.25) is 0 Å². The fourth-order valence-corrected chi connectivity index (χ4v) is 1.83. The molecule has 0 saturated heterocycles. The lowest BCUT2D eigenvalue weighted by atomic mass is 10.1. The summed E-state index contributed by atoms with van der Waals surface area (Å²) in [6, 6.07) is 16.5. The van der Waals surface area contributed by atoms with Gasteiger partial charge in [-0.3, -0.25) is 10.1 Å². The third-order valence-corrected chi connectivity index (χ3v) is 2.77. The van der Waals surface area contributed by atoms with Gasteiger partial charge in [0.2, 0.25) is 0 Å². The molecule has 0 fully saturated rings. The molecule has 0 unspecified atom stereocenters. The Bertz CT molecular complexity index is 540. The normalized spacial score (nSPS) is 10.1. The molecule has 2 rings (SSSR count). The van der Waals surface area contributed by atoms with Gasteiger partial charge >= 0.3 is 5.69 Å². The highest BCUT2D eigenvalue weighted by Crippen LogP contribution is 2.25. The molecule has 0 aliphatic heterocycles. The number of benzene rings is 2. The number of nitro groups is 1. The number of nitrogens with zero attached hydrogens (tertiary/aromatic N) is 1. The summed E-state index contributed by atoms with van der Waals surface area (Å²) in [7, 11) is 0. The molecule has 98 valence electrons. The fraction of sp³-hybridized carbons (Fsp3) is 0.200. The molecule has 2 aromatic carbocycles. The van der Waals surface area contributed by atoms with E-state index in [1.165, 1.54) is 11.6 Å². The maximum absolute atomic E-state index is 10.8. The van der Waals surface area contributed by atoms with E-state index in [1.807, 2.05) is 18.2 Å². The van der Waals surface area contributed by atoms with Crippen molar-refractivity contribution in [1.82, 2.24) is 0 Å². The smallest absolute Gasteiger partial charge is 0.310 e. The average molecular weight is 257 g/mol. The number of aryl methyl sites for hydroxylation is 1.